The smallest absolute Gasteiger partial charge is 0.164 e. The van der Waals surface area contributed by atoms with Crippen molar-refractivity contribution in [1.29, 1.82) is 0 Å². The monoisotopic (exact) mass is 717 g/mol. The van der Waals surface area contributed by atoms with Gasteiger partial charge in [-0.05, 0) is 29.3 Å². The lowest BCUT2D eigenvalue weighted by molar-refractivity contribution is 0.670. The highest BCUT2D eigenvalue weighted by atomic mass is 32.1. The molecule has 0 unspecified atom stereocenters. The molecule has 10 aromatic rings. The largest absolute Gasteiger partial charge is 0.455 e. The lowest BCUT2D eigenvalue weighted by Crippen LogP contribution is -2.55. The van der Waals surface area contributed by atoms with E-state index in [1.54, 1.807) is 0 Å². The second-order valence-corrected chi connectivity index (χ2v) is 15.6. The molecule has 0 aliphatic heterocycles. The zero-order valence-electron chi connectivity index (χ0n) is 31.4. The molecule has 3 heterocycles. The third-order valence-corrected chi connectivity index (χ3v) is 12.8. The van der Waals surface area contributed by atoms with Gasteiger partial charge in [-0.1, -0.05) is 126 Å². The molecule has 254 valence electrons. The SMILES string of the molecule is Bc1c(B)c(B)c(-c2ccc(-c3nc(-c4ccccc4)nc(-c4ccc5c(c4)oc4c(-c6cccc7c6sc6ccccc67)cccc45)n3)cc2)c(B)c1B. The number of furan rings is 1. The van der Waals surface area contributed by atoms with Crippen LogP contribution in [0, 0.1) is 0 Å². The summed E-state index contributed by atoms with van der Waals surface area (Å²) in [5.74, 6) is 1.86. The van der Waals surface area contributed by atoms with Gasteiger partial charge in [-0.2, -0.15) is 0 Å². The summed E-state index contributed by atoms with van der Waals surface area (Å²) in [6, 6.07) is 46.8. The number of hydrogen-bond donors (Lipinski definition) is 0. The molecule has 4 nitrogen and oxygen atoms in total. The van der Waals surface area contributed by atoms with Gasteiger partial charge in [-0.15, -0.1) is 27.7 Å². The predicted octanol–water partition coefficient (Wildman–Crippen LogP) is 3.77. The van der Waals surface area contributed by atoms with E-state index >= 15 is 0 Å². The summed E-state index contributed by atoms with van der Waals surface area (Å²) < 4.78 is 9.34. The highest BCUT2D eigenvalue weighted by Gasteiger charge is 2.19. The Balaban J connectivity index is 1.09. The third-order valence-electron chi connectivity index (χ3n) is 11.6. The van der Waals surface area contributed by atoms with Gasteiger partial charge in [-0.3, -0.25) is 0 Å². The van der Waals surface area contributed by atoms with Crippen molar-refractivity contribution >= 4 is 120 Å². The van der Waals surface area contributed by atoms with Crippen LogP contribution in [0.2, 0.25) is 0 Å². The average Bonchev–Trinajstić information content (AvgIpc) is 3.81. The summed E-state index contributed by atoms with van der Waals surface area (Å²) >= 11 is 1.84. The van der Waals surface area contributed by atoms with Crippen molar-refractivity contribution < 1.29 is 4.42 Å². The van der Waals surface area contributed by atoms with Crippen LogP contribution < -0.4 is 27.3 Å². The lowest BCUT2D eigenvalue weighted by Gasteiger charge is -2.20. The summed E-state index contributed by atoms with van der Waals surface area (Å²) in [5, 5.41) is 4.70. The molecule has 7 aromatic carbocycles. The highest BCUT2D eigenvalue weighted by Crippen LogP contribution is 2.43. The van der Waals surface area contributed by atoms with E-state index in [0.29, 0.717) is 17.5 Å². The van der Waals surface area contributed by atoms with E-state index in [9.17, 15) is 0 Å². The van der Waals surface area contributed by atoms with Crippen LogP contribution in [0.15, 0.2) is 138 Å². The molecule has 10 heteroatoms. The van der Waals surface area contributed by atoms with E-state index in [1.165, 1.54) is 64.2 Å². The van der Waals surface area contributed by atoms with Crippen LogP contribution in [0.25, 0.3) is 98.5 Å². The molecular weight excluding hydrogens is 685 g/mol. The Morgan fingerprint density at radius 2 is 0.964 bits per heavy atom. The van der Waals surface area contributed by atoms with Crippen molar-refractivity contribution in [2.75, 3.05) is 0 Å². The van der Waals surface area contributed by atoms with Crippen molar-refractivity contribution in [2.24, 2.45) is 0 Å². The number of nitrogens with zero attached hydrogens (tertiary/aromatic N) is 3. The summed E-state index contributed by atoms with van der Waals surface area (Å²) in [6.07, 6.45) is 0. The van der Waals surface area contributed by atoms with Gasteiger partial charge in [0.1, 0.15) is 50.4 Å². The van der Waals surface area contributed by atoms with Gasteiger partial charge in [-0.25, -0.2) is 15.0 Å². The van der Waals surface area contributed by atoms with E-state index in [1.807, 2.05) is 41.7 Å². The molecule has 0 fully saturated rings. The minimum absolute atomic E-state index is 0.599. The zero-order chi connectivity index (χ0) is 37.4. The van der Waals surface area contributed by atoms with Crippen LogP contribution in [-0.4, -0.2) is 54.2 Å². The Morgan fingerprint density at radius 3 is 1.69 bits per heavy atom. The predicted molar refractivity (Wildman–Crippen MR) is 248 cm³/mol. The van der Waals surface area contributed by atoms with Crippen LogP contribution in [0.4, 0.5) is 0 Å². The quantitative estimate of drug-likeness (QED) is 0.255. The second-order valence-electron chi connectivity index (χ2n) is 14.5. The third kappa shape index (κ3) is 5.46. The van der Waals surface area contributed by atoms with Crippen molar-refractivity contribution in [2.45, 2.75) is 0 Å². The molecule has 0 saturated heterocycles. The van der Waals surface area contributed by atoms with Crippen LogP contribution in [0.1, 0.15) is 0 Å². The molecule has 0 radical (unpaired) electrons. The molecule has 10 rings (SSSR count). The molecule has 0 aliphatic carbocycles. The first-order chi connectivity index (χ1) is 26.8. The maximum atomic E-state index is 6.78. The molecule has 0 spiro atoms. The first-order valence-electron chi connectivity index (χ1n) is 18.7. The van der Waals surface area contributed by atoms with Crippen molar-refractivity contribution in [3.05, 3.63) is 133 Å². The topological polar surface area (TPSA) is 51.8 Å². The van der Waals surface area contributed by atoms with Crippen LogP contribution >= 0.6 is 11.3 Å². The van der Waals surface area contributed by atoms with E-state index in [-0.39, 0.29) is 0 Å². The number of hydrogen-bond acceptors (Lipinski definition) is 5. The van der Waals surface area contributed by atoms with Gasteiger partial charge in [0.2, 0.25) is 0 Å². The zero-order valence-corrected chi connectivity index (χ0v) is 32.2. The lowest BCUT2D eigenvalue weighted by atomic mass is 9.59. The Hall–Kier alpha value is -6.11. The van der Waals surface area contributed by atoms with Gasteiger partial charge in [0.05, 0.1) is 0 Å². The summed E-state index contributed by atoms with van der Waals surface area (Å²) in [5.41, 5.74) is 15.9. The number of thiophene rings is 1. The van der Waals surface area contributed by atoms with E-state index in [2.05, 4.69) is 142 Å². The summed E-state index contributed by atoms with van der Waals surface area (Å²) in [6.45, 7) is 0. The average molecular weight is 717 g/mol. The first-order valence-corrected chi connectivity index (χ1v) is 19.5. The van der Waals surface area contributed by atoms with E-state index in [4.69, 9.17) is 19.4 Å². The Morgan fingerprint density at radius 1 is 0.418 bits per heavy atom. The van der Waals surface area contributed by atoms with Crippen LogP contribution in [-0.2, 0) is 0 Å². The van der Waals surface area contributed by atoms with Crippen LogP contribution in [0.5, 0.6) is 0 Å². The number of benzene rings is 7. The number of fused-ring (bicyclic) bond motifs is 6. The van der Waals surface area contributed by atoms with Crippen molar-refractivity contribution in [3.8, 4) is 56.4 Å². The molecule has 0 aliphatic rings. The normalized spacial score (nSPS) is 11.6. The minimum atomic E-state index is 0.599. The fourth-order valence-electron chi connectivity index (χ4n) is 8.18. The van der Waals surface area contributed by atoms with Gasteiger partial charge < -0.3 is 4.42 Å². The van der Waals surface area contributed by atoms with E-state index < -0.39 is 0 Å². The van der Waals surface area contributed by atoms with Gasteiger partial charge in [0.15, 0.2) is 17.5 Å². The number of rotatable bonds is 5. The molecule has 0 saturated carbocycles. The number of aromatic nitrogens is 3. The molecule has 0 atom stereocenters. The maximum Gasteiger partial charge on any atom is 0.164 e. The molecule has 0 bridgehead atoms. The molecule has 0 N–H and O–H groups in total. The van der Waals surface area contributed by atoms with Gasteiger partial charge in [0.25, 0.3) is 0 Å². The molecular formula is C45H32B5N3OS. The summed E-state index contributed by atoms with van der Waals surface area (Å²) in [4.78, 5) is 15.1. The maximum absolute atomic E-state index is 6.78. The first kappa shape index (κ1) is 33.5. The fourth-order valence-corrected chi connectivity index (χ4v) is 9.41. The van der Waals surface area contributed by atoms with Crippen molar-refractivity contribution in [3.63, 3.8) is 0 Å². The Kier molecular flexibility index (Phi) is 7.93. The molecule has 0 amide bonds. The minimum Gasteiger partial charge on any atom is -0.455 e. The Bertz CT molecular complexity index is 3130. The summed E-state index contributed by atoms with van der Waals surface area (Å²) in [7, 11) is 11.1. The van der Waals surface area contributed by atoms with Gasteiger partial charge >= 0.3 is 0 Å². The van der Waals surface area contributed by atoms with Crippen molar-refractivity contribution in [1.82, 2.24) is 15.0 Å². The van der Waals surface area contributed by atoms with E-state index in [0.717, 1.165) is 44.2 Å². The van der Waals surface area contributed by atoms with Crippen LogP contribution in [0.3, 0.4) is 0 Å². The molecule has 55 heavy (non-hydrogen) atoms. The Labute approximate surface area is 327 Å². The highest BCUT2D eigenvalue weighted by molar-refractivity contribution is 7.26. The molecule has 3 aromatic heterocycles. The standard InChI is InChI=1S/C45H32B5N3OS/c46-36-35(37(47)39(49)40(50)38(36)48)23-16-18-25(19-17-23)44-51-43(24-8-2-1-3-9-24)52-45(53-44)26-20-21-27-29-11-6-12-30(41(29)54-33(27)22-26)32-14-7-13-31-28-10-4-5-15-34(28)55-42(31)32/h1-22H,46-50H2. The fraction of sp³-hybridized carbons (Fsp3) is 0. The second kappa shape index (κ2) is 13.0. The number of para-hydroxylation sites is 1. The van der Waals surface area contributed by atoms with Gasteiger partial charge in [0, 0.05) is 58.8 Å².